The topological polar surface area (TPSA) is 65.0 Å². The number of allylic oxidation sites excluding steroid dienone is 2. The van der Waals surface area contributed by atoms with Crippen molar-refractivity contribution >= 4 is 5.97 Å². The number of rotatable bonds is 8. The lowest BCUT2D eigenvalue weighted by Crippen LogP contribution is -2.17. The van der Waals surface area contributed by atoms with Gasteiger partial charge < -0.3 is 19.3 Å². The molecule has 0 amide bonds. The van der Waals surface area contributed by atoms with Gasteiger partial charge in [0.25, 0.3) is 0 Å². The molecule has 0 aliphatic heterocycles. The van der Waals surface area contributed by atoms with Crippen LogP contribution in [0.3, 0.4) is 0 Å². The van der Waals surface area contributed by atoms with E-state index in [1.54, 1.807) is 7.11 Å². The maximum Gasteiger partial charge on any atom is 0.305 e. The van der Waals surface area contributed by atoms with Gasteiger partial charge in [-0.25, -0.2) is 0 Å². The first-order valence-electron chi connectivity index (χ1n) is 7.83. The Bertz CT molecular complexity index is 429. The Hall–Kier alpha value is -1.17. The van der Waals surface area contributed by atoms with Crippen molar-refractivity contribution in [3.8, 4) is 0 Å². The average Bonchev–Trinajstić information content (AvgIpc) is 3.02. The number of hydrogen-bond acceptors (Lipinski definition) is 5. The van der Waals surface area contributed by atoms with Crippen LogP contribution in [0.5, 0.6) is 0 Å². The van der Waals surface area contributed by atoms with E-state index in [-0.39, 0.29) is 24.8 Å². The molecule has 0 aromatic rings. The first-order chi connectivity index (χ1) is 10.7. The summed E-state index contributed by atoms with van der Waals surface area (Å²) < 4.78 is 14.7. The predicted molar refractivity (Wildman–Crippen MR) is 82.0 cm³/mol. The Balaban J connectivity index is 1.83. The van der Waals surface area contributed by atoms with Crippen molar-refractivity contribution in [3.63, 3.8) is 0 Å². The van der Waals surface area contributed by atoms with Crippen molar-refractivity contribution in [2.75, 3.05) is 27.6 Å². The molecule has 2 aliphatic rings. The number of aliphatic hydroxyl groups excluding tert-OH is 1. The van der Waals surface area contributed by atoms with Crippen molar-refractivity contribution in [1.82, 2.24) is 0 Å². The van der Waals surface area contributed by atoms with E-state index in [4.69, 9.17) is 9.47 Å². The van der Waals surface area contributed by atoms with E-state index in [1.807, 2.05) is 6.08 Å². The first-order valence-corrected chi connectivity index (χ1v) is 7.83. The lowest BCUT2D eigenvalue weighted by molar-refractivity contribution is -0.140. The van der Waals surface area contributed by atoms with Gasteiger partial charge in [0.05, 0.1) is 19.8 Å². The summed E-state index contributed by atoms with van der Waals surface area (Å²) in [6.07, 6.45) is 8.98. The molecule has 5 heteroatoms. The summed E-state index contributed by atoms with van der Waals surface area (Å²) in [4.78, 5) is 11.2. The number of methoxy groups -OCH3 is 2. The van der Waals surface area contributed by atoms with Gasteiger partial charge in [-0.3, -0.25) is 4.79 Å². The van der Waals surface area contributed by atoms with Crippen LogP contribution < -0.4 is 0 Å². The fourth-order valence-corrected chi connectivity index (χ4v) is 3.57. The number of aliphatic hydroxyl groups is 1. The van der Waals surface area contributed by atoms with E-state index >= 15 is 0 Å². The lowest BCUT2D eigenvalue weighted by atomic mass is 9.89. The summed E-state index contributed by atoms with van der Waals surface area (Å²) in [5.41, 5.74) is 1.32. The Morgan fingerprint density at radius 2 is 2.27 bits per heavy atom. The van der Waals surface area contributed by atoms with Crippen molar-refractivity contribution in [2.24, 2.45) is 17.8 Å². The third kappa shape index (κ3) is 4.41. The van der Waals surface area contributed by atoms with Crippen LogP contribution in [0.1, 0.15) is 25.7 Å². The molecule has 0 radical (unpaired) electrons. The van der Waals surface area contributed by atoms with Gasteiger partial charge in [0.1, 0.15) is 6.79 Å². The molecular weight excluding hydrogens is 284 g/mol. The second-order valence-electron chi connectivity index (χ2n) is 6.02. The van der Waals surface area contributed by atoms with Crippen molar-refractivity contribution in [1.29, 1.82) is 0 Å². The van der Waals surface area contributed by atoms with E-state index in [9.17, 15) is 9.90 Å². The molecule has 1 saturated carbocycles. The molecule has 0 heterocycles. The first kappa shape index (κ1) is 17.2. The lowest BCUT2D eigenvalue weighted by Gasteiger charge is -2.18. The molecule has 0 saturated heterocycles. The van der Waals surface area contributed by atoms with Crippen molar-refractivity contribution in [2.45, 2.75) is 31.8 Å². The van der Waals surface area contributed by atoms with E-state index in [1.165, 1.54) is 12.7 Å². The highest BCUT2D eigenvalue weighted by Gasteiger charge is 2.43. The second-order valence-corrected chi connectivity index (χ2v) is 6.02. The van der Waals surface area contributed by atoms with Crippen LogP contribution in [-0.2, 0) is 19.0 Å². The molecule has 22 heavy (non-hydrogen) atoms. The minimum absolute atomic E-state index is 0.162. The summed E-state index contributed by atoms with van der Waals surface area (Å²) in [6, 6.07) is 0. The van der Waals surface area contributed by atoms with Gasteiger partial charge in [0.2, 0.25) is 0 Å². The van der Waals surface area contributed by atoms with E-state index in [0.29, 0.717) is 24.9 Å². The summed E-state index contributed by atoms with van der Waals surface area (Å²) >= 11 is 0. The zero-order valence-corrected chi connectivity index (χ0v) is 13.4. The number of carbonyl (C=O) groups excluding carboxylic acids is 1. The molecule has 1 N–H and O–H groups in total. The van der Waals surface area contributed by atoms with Gasteiger partial charge in [-0.1, -0.05) is 23.8 Å². The summed E-state index contributed by atoms with van der Waals surface area (Å²) in [7, 11) is 3.01. The molecule has 2 rings (SSSR count). The second kappa shape index (κ2) is 8.46. The number of hydrogen-bond donors (Lipinski definition) is 1. The fourth-order valence-electron chi connectivity index (χ4n) is 3.57. The maximum absolute atomic E-state index is 11.2. The quantitative estimate of drug-likeness (QED) is 0.322. The van der Waals surface area contributed by atoms with Crippen LogP contribution in [0.2, 0.25) is 0 Å². The highest BCUT2D eigenvalue weighted by Crippen LogP contribution is 2.48. The minimum atomic E-state index is -0.285. The number of carbonyl (C=O) groups is 1. The smallest absolute Gasteiger partial charge is 0.305 e. The van der Waals surface area contributed by atoms with Crippen LogP contribution >= 0.6 is 0 Å². The normalized spacial score (nSPS) is 30.6. The fraction of sp³-hybridized carbons (Fsp3) is 0.706. The molecule has 124 valence electrons. The number of fused-ring (bicyclic) bond motifs is 1. The zero-order valence-electron chi connectivity index (χ0n) is 13.4. The Morgan fingerprint density at radius 1 is 1.45 bits per heavy atom. The molecule has 0 aromatic carbocycles. The van der Waals surface area contributed by atoms with Crippen LogP contribution in [0.25, 0.3) is 0 Å². The molecule has 1 fully saturated rings. The molecule has 0 unspecified atom stereocenters. The van der Waals surface area contributed by atoms with Crippen LogP contribution in [0.15, 0.2) is 23.8 Å². The predicted octanol–water partition coefficient (Wildman–Crippen LogP) is 2.06. The molecule has 0 bridgehead atoms. The molecule has 0 spiro atoms. The molecule has 0 aromatic heterocycles. The Kier molecular flexibility index (Phi) is 6.61. The summed E-state index contributed by atoms with van der Waals surface area (Å²) in [5, 5.41) is 10.2. The monoisotopic (exact) mass is 310 g/mol. The Morgan fingerprint density at radius 3 is 3.00 bits per heavy atom. The van der Waals surface area contributed by atoms with Crippen molar-refractivity contribution < 1.29 is 24.1 Å². The largest absolute Gasteiger partial charge is 0.469 e. The van der Waals surface area contributed by atoms with Gasteiger partial charge in [0.15, 0.2) is 0 Å². The third-order valence-corrected chi connectivity index (χ3v) is 4.60. The number of ether oxygens (including phenoxy) is 3. The minimum Gasteiger partial charge on any atom is -0.469 e. The molecular formula is C17H26O5. The van der Waals surface area contributed by atoms with Gasteiger partial charge >= 0.3 is 5.97 Å². The van der Waals surface area contributed by atoms with E-state index in [2.05, 4.69) is 16.9 Å². The summed E-state index contributed by atoms with van der Waals surface area (Å²) in [6.45, 7) is 0.778. The van der Waals surface area contributed by atoms with E-state index in [0.717, 1.165) is 19.3 Å². The van der Waals surface area contributed by atoms with Crippen LogP contribution in [0.4, 0.5) is 0 Å². The molecule has 2 aliphatic carbocycles. The van der Waals surface area contributed by atoms with Crippen molar-refractivity contribution in [3.05, 3.63) is 23.8 Å². The standard InChI is InChI=1S/C17H26O5/c1-20-11-22-7-3-4-14-15-9-12(5-6-17(19)21-2)8-13(15)10-16(14)18/h3-4,8,13-16,18H,5-7,9-11H2,1-2H3/b4-3+/t13-,14+,15-,16+/m0/s1. The van der Waals surface area contributed by atoms with Gasteiger partial charge in [0, 0.05) is 19.4 Å². The van der Waals surface area contributed by atoms with E-state index < -0.39 is 0 Å². The van der Waals surface area contributed by atoms with Crippen LogP contribution in [0, 0.1) is 17.8 Å². The van der Waals surface area contributed by atoms with Gasteiger partial charge in [-0.15, -0.1) is 0 Å². The number of esters is 1. The zero-order chi connectivity index (χ0) is 15.9. The van der Waals surface area contributed by atoms with Gasteiger partial charge in [-0.05, 0) is 31.1 Å². The molecule has 4 atom stereocenters. The summed E-state index contributed by atoms with van der Waals surface area (Å²) in [5.74, 6) is 0.881. The SMILES string of the molecule is COCOC/C=C/[C@@H]1[C@H]2CC(CCC(=O)OC)=C[C@H]2C[C@H]1O. The maximum atomic E-state index is 11.2. The van der Waals surface area contributed by atoms with Gasteiger partial charge in [-0.2, -0.15) is 0 Å². The average molecular weight is 310 g/mol. The highest BCUT2D eigenvalue weighted by atomic mass is 16.7. The Labute approximate surface area is 131 Å². The molecule has 5 nitrogen and oxygen atoms in total. The van der Waals surface area contributed by atoms with Crippen LogP contribution in [-0.4, -0.2) is 44.8 Å². The highest BCUT2D eigenvalue weighted by molar-refractivity contribution is 5.69. The third-order valence-electron chi connectivity index (χ3n) is 4.60.